The van der Waals surface area contributed by atoms with Gasteiger partial charge in [0.05, 0.1) is 13.7 Å². The lowest BCUT2D eigenvalue weighted by molar-refractivity contribution is -0.141. The van der Waals surface area contributed by atoms with E-state index in [1.54, 1.807) is 11.8 Å². The highest BCUT2D eigenvalue weighted by Crippen LogP contribution is 2.03. The molecule has 0 saturated carbocycles. The normalized spacial score (nSPS) is 12.9. The van der Waals surface area contributed by atoms with E-state index in [-0.39, 0.29) is 5.97 Å². The van der Waals surface area contributed by atoms with Gasteiger partial charge in [-0.15, -0.1) is 0 Å². The lowest BCUT2D eigenvalue weighted by Gasteiger charge is -2.09. The Balaban J connectivity index is 3.27. The van der Waals surface area contributed by atoms with E-state index >= 15 is 0 Å². The van der Waals surface area contributed by atoms with E-state index in [1.807, 2.05) is 0 Å². The first-order valence-electron chi connectivity index (χ1n) is 5.06. The molecule has 0 aliphatic heterocycles. The number of thioether (sulfide) groups is 1. The minimum absolute atomic E-state index is 0.356. The first kappa shape index (κ1) is 14.7. The van der Waals surface area contributed by atoms with Gasteiger partial charge < -0.3 is 15.2 Å². The SMILES string of the molecule is COC(=O)C(N)CSCCOCC(C)C. The number of nitrogens with two attached hydrogens (primary N) is 1. The van der Waals surface area contributed by atoms with Crippen LogP contribution in [0.4, 0.5) is 0 Å². The maximum atomic E-state index is 10.9. The number of ether oxygens (including phenoxy) is 2. The highest BCUT2D eigenvalue weighted by atomic mass is 32.2. The molecule has 0 saturated heterocycles. The van der Waals surface area contributed by atoms with Crippen LogP contribution in [0.5, 0.6) is 0 Å². The van der Waals surface area contributed by atoms with Crippen molar-refractivity contribution in [1.82, 2.24) is 0 Å². The quantitative estimate of drug-likeness (QED) is 0.500. The minimum Gasteiger partial charge on any atom is -0.468 e. The van der Waals surface area contributed by atoms with E-state index in [4.69, 9.17) is 10.5 Å². The van der Waals surface area contributed by atoms with Crippen LogP contribution in [0.15, 0.2) is 0 Å². The predicted octanol–water partition coefficient (Wildman–Crippen LogP) is 0.892. The van der Waals surface area contributed by atoms with Crippen LogP contribution < -0.4 is 5.73 Å². The smallest absolute Gasteiger partial charge is 0.323 e. The van der Waals surface area contributed by atoms with Crippen molar-refractivity contribution in [3.8, 4) is 0 Å². The Kier molecular flexibility index (Phi) is 8.85. The van der Waals surface area contributed by atoms with Gasteiger partial charge in [-0.1, -0.05) is 13.8 Å². The fourth-order valence-electron chi connectivity index (χ4n) is 0.867. The number of methoxy groups -OCH3 is 1. The number of esters is 1. The summed E-state index contributed by atoms with van der Waals surface area (Å²) in [5.74, 6) is 1.65. The van der Waals surface area contributed by atoms with Crippen molar-refractivity contribution in [1.29, 1.82) is 0 Å². The third kappa shape index (κ3) is 8.72. The van der Waals surface area contributed by atoms with Crippen molar-refractivity contribution in [3.63, 3.8) is 0 Å². The van der Waals surface area contributed by atoms with Crippen LogP contribution >= 0.6 is 11.8 Å². The molecule has 0 heterocycles. The molecule has 2 N–H and O–H groups in total. The molecule has 0 rings (SSSR count). The molecule has 0 aliphatic rings. The maximum absolute atomic E-state index is 10.9. The average molecular weight is 235 g/mol. The van der Waals surface area contributed by atoms with Crippen molar-refractivity contribution in [2.45, 2.75) is 19.9 Å². The summed E-state index contributed by atoms with van der Waals surface area (Å²) in [5.41, 5.74) is 5.55. The van der Waals surface area contributed by atoms with Crippen molar-refractivity contribution in [3.05, 3.63) is 0 Å². The molecule has 5 heteroatoms. The fourth-order valence-corrected chi connectivity index (χ4v) is 1.66. The van der Waals surface area contributed by atoms with Crippen LogP contribution in [0.3, 0.4) is 0 Å². The number of carbonyl (C=O) groups is 1. The molecule has 15 heavy (non-hydrogen) atoms. The van der Waals surface area contributed by atoms with Gasteiger partial charge in [-0.05, 0) is 5.92 Å². The monoisotopic (exact) mass is 235 g/mol. The number of rotatable bonds is 8. The van der Waals surface area contributed by atoms with Gasteiger partial charge in [0.15, 0.2) is 0 Å². The summed E-state index contributed by atoms with van der Waals surface area (Å²) >= 11 is 1.61. The van der Waals surface area contributed by atoms with E-state index in [2.05, 4.69) is 18.6 Å². The summed E-state index contributed by atoms with van der Waals surface area (Å²) in [5, 5.41) is 0. The molecule has 0 bridgehead atoms. The Hall–Kier alpha value is -0.260. The van der Waals surface area contributed by atoms with Crippen LogP contribution in [0.1, 0.15) is 13.8 Å². The largest absolute Gasteiger partial charge is 0.468 e. The van der Waals surface area contributed by atoms with Gasteiger partial charge in [-0.2, -0.15) is 11.8 Å². The first-order valence-corrected chi connectivity index (χ1v) is 6.22. The molecule has 90 valence electrons. The van der Waals surface area contributed by atoms with Gasteiger partial charge in [-0.25, -0.2) is 0 Å². The van der Waals surface area contributed by atoms with Crippen molar-refractivity contribution in [2.24, 2.45) is 11.7 Å². The third-order valence-electron chi connectivity index (χ3n) is 1.62. The van der Waals surface area contributed by atoms with E-state index < -0.39 is 6.04 Å². The number of carbonyl (C=O) groups excluding carboxylic acids is 1. The Bertz CT molecular complexity index is 176. The van der Waals surface area contributed by atoms with E-state index in [1.165, 1.54) is 7.11 Å². The van der Waals surface area contributed by atoms with Crippen molar-refractivity contribution >= 4 is 17.7 Å². The molecule has 0 aliphatic carbocycles. The van der Waals surface area contributed by atoms with Gasteiger partial charge in [0, 0.05) is 18.1 Å². The van der Waals surface area contributed by atoms with Crippen LogP contribution in [-0.2, 0) is 14.3 Å². The minimum atomic E-state index is -0.523. The standard InChI is InChI=1S/C10H21NO3S/c1-8(2)6-14-4-5-15-7-9(11)10(12)13-3/h8-9H,4-7,11H2,1-3H3. The Morgan fingerprint density at radius 1 is 1.47 bits per heavy atom. The molecule has 0 amide bonds. The topological polar surface area (TPSA) is 61.5 Å². The molecule has 0 aromatic carbocycles. The van der Waals surface area contributed by atoms with Crippen molar-refractivity contribution in [2.75, 3.05) is 31.8 Å². The van der Waals surface area contributed by atoms with Gasteiger partial charge >= 0.3 is 5.97 Å². The van der Waals surface area contributed by atoms with E-state index in [0.717, 1.165) is 12.4 Å². The summed E-state index contributed by atoms with van der Waals surface area (Å²) in [6, 6.07) is -0.523. The number of hydrogen-bond donors (Lipinski definition) is 1. The maximum Gasteiger partial charge on any atom is 0.323 e. The molecular weight excluding hydrogens is 214 g/mol. The van der Waals surface area contributed by atoms with Gasteiger partial charge in [0.1, 0.15) is 6.04 Å². The van der Waals surface area contributed by atoms with E-state index in [9.17, 15) is 4.79 Å². The van der Waals surface area contributed by atoms with Gasteiger partial charge in [-0.3, -0.25) is 4.79 Å². The number of hydrogen-bond acceptors (Lipinski definition) is 5. The zero-order chi connectivity index (χ0) is 11.7. The molecule has 0 aromatic rings. The predicted molar refractivity (Wildman–Crippen MR) is 63.0 cm³/mol. The second kappa shape index (κ2) is 9.00. The lowest BCUT2D eigenvalue weighted by Crippen LogP contribution is -2.34. The molecule has 0 spiro atoms. The summed E-state index contributed by atoms with van der Waals surface area (Å²) in [4.78, 5) is 10.9. The second-order valence-corrected chi connectivity index (χ2v) is 4.82. The van der Waals surface area contributed by atoms with Crippen LogP contribution in [0.2, 0.25) is 0 Å². The summed E-state index contributed by atoms with van der Waals surface area (Å²) in [7, 11) is 1.35. The van der Waals surface area contributed by atoms with Gasteiger partial charge in [0.2, 0.25) is 0 Å². The summed E-state index contributed by atoms with van der Waals surface area (Å²) in [6.07, 6.45) is 0. The highest BCUT2D eigenvalue weighted by Gasteiger charge is 2.12. The Labute approximate surface area is 95.9 Å². The highest BCUT2D eigenvalue weighted by molar-refractivity contribution is 7.99. The summed E-state index contributed by atoms with van der Waals surface area (Å²) in [6.45, 7) is 5.71. The second-order valence-electron chi connectivity index (χ2n) is 3.67. The molecule has 0 fully saturated rings. The van der Waals surface area contributed by atoms with Crippen molar-refractivity contribution < 1.29 is 14.3 Å². The average Bonchev–Trinajstić information content (AvgIpc) is 2.21. The zero-order valence-electron chi connectivity index (χ0n) is 9.69. The third-order valence-corrected chi connectivity index (χ3v) is 2.67. The summed E-state index contributed by atoms with van der Waals surface area (Å²) < 4.78 is 9.90. The molecule has 1 unspecified atom stereocenters. The first-order chi connectivity index (χ1) is 7.07. The van der Waals surface area contributed by atoms with Crippen LogP contribution in [0, 0.1) is 5.92 Å². The van der Waals surface area contributed by atoms with Crippen LogP contribution in [0.25, 0.3) is 0 Å². The van der Waals surface area contributed by atoms with Crippen LogP contribution in [-0.4, -0.2) is 43.8 Å². The molecule has 1 atom stereocenters. The lowest BCUT2D eigenvalue weighted by atomic mass is 10.2. The molecule has 4 nitrogen and oxygen atoms in total. The molecule has 0 radical (unpaired) electrons. The molecular formula is C10H21NO3S. The fraction of sp³-hybridized carbons (Fsp3) is 0.900. The molecule has 0 aromatic heterocycles. The van der Waals surface area contributed by atoms with E-state index in [0.29, 0.717) is 18.3 Å². The Morgan fingerprint density at radius 3 is 2.67 bits per heavy atom. The Morgan fingerprint density at radius 2 is 2.13 bits per heavy atom. The van der Waals surface area contributed by atoms with Gasteiger partial charge in [0.25, 0.3) is 0 Å². The zero-order valence-corrected chi connectivity index (χ0v) is 10.5.